The number of para-hydroxylation sites is 2. The van der Waals surface area contributed by atoms with Gasteiger partial charge in [0.2, 0.25) is 11.8 Å². The zero-order chi connectivity index (χ0) is 33.7. The smallest absolute Gasteiger partial charge is 0.224 e. The van der Waals surface area contributed by atoms with Crippen molar-refractivity contribution in [2.75, 3.05) is 29.2 Å². The topological polar surface area (TPSA) is 143 Å². The van der Waals surface area contributed by atoms with Crippen LogP contribution in [0.15, 0.2) is 97.1 Å². The molecular weight excluding hydrogens is 627 g/mol. The third-order valence-corrected chi connectivity index (χ3v) is 9.18. The predicted molar refractivity (Wildman–Crippen MR) is 190 cm³/mol. The minimum Gasteiger partial charge on any atom is -0.397 e. The molecule has 0 radical (unpaired) electrons. The summed E-state index contributed by atoms with van der Waals surface area (Å²) < 4.78 is 12.9. The van der Waals surface area contributed by atoms with Gasteiger partial charge in [-0.05, 0) is 58.5 Å². The molecule has 3 unspecified atom stereocenters. The SMILES string of the molecule is Nc1ccccc1NC(=O)CCCC(=O)NCc1cccc(-c2cccc(C3OC(CSCCO)CC(c4ccc(CO)cc4)O3)c2)c1. The van der Waals surface area contributed by atoms with Crippen molar-refractivity contribution in [1.29, 1.82) is 0 Å². The van der Waals surface area contributed by atoms with Gasteiger partial charge in [0.05, 0.1) is 36.8 Å². The molecule has 1 aliphatic rings. The molecular formula is C38H43N3O6S. The molecule has 0 saturated carbocycles. The Hall–Kier alpha value is -4.19. The highest BCUT2D eigenvalue weighted by Gasteiger charge is 2.32. The largest absolute Gasteiger partial charge is 0.397 e. The van der Waals surface area contributed by atoms with E-state index in [9.17, 15) is 19.8 Å². The summed E-state index contributed by atoms with van der Waals surface area (Å²) in [7, 11) is 0. The predicted octanol–water partition coefficient (Wildman–Crippen LogP) is 6.12. The number of carbonyl (C=O) groups excluding carboxylic acids is 2. The molecule has 0 bridgehead atoms. The molecule has 0 aliphatic carbocycles. The average molecular weight is 670 g/mol. The minimum atomic E-state index is -0.574. The summed E-state index contributed by atoms with van der Waals surface area (Å²) in [5, 5.41) is 24.5. The fourth-order valence-electron chi connectivity index (χ4n) is 5.55. The zero-order valence-corrected chi connectivity index (χ0v) is 27.7. The van der Waals surface area contributed by atoms with Crippen LogP contribution in [0, 0.1) is 0 Å². The molecule has 0 spiro atoms. The summed E-state index contributed by atoms with van der Waals surface area (Å²) in [4.78, 5) is 24.8. The van der Waals surface area contributed by atoms with Crippen molar-refractivity contribution in [3.05, 3.63) is 119 Å². The van der Waals surface area contributed by atoms with Crippen LogP contribution in [0.25, 0.3) is 11.1 Å². The summed E-state index contributed by atoms with van der Waals surface area (Å²) in [5.74, 6) is 1.10. The van der Waals surface area contributed by atoms with Crippen molar-refractivity contribution in [3.63, 3.8) is 0 Å². The molecule has 252 valence electrons. The first kappa shape index (κ1) is 35.1. The number of amides is 2. The van der Waals surface area contributed by atoms with Crippen LogP contribution in [-0.4, -0.2) is 46.2 Å². The summed E-state index contributed by atoms with van der Waals surface area (Å²) in [6, 6.07) is 31.0. The van der Waals surface area contributed by atoms with Crippen molar-refractivity contribution in [2.24, 2.45) is 0 Å². The second kappa shape index (κ2) is 17.8. The van der Waals surface area contributed by atoms with Gasteiger partial charge in [-0.15, -0.1) is 0 Å². The number of hydrogen-bond acceptors (Lipinski definition) is 8. The number of anilines is 2. The Morgan fingerprint density at radius 1 is 0.812 bits per heavy atom. The zero-order valence-electron chi connectivity index (χ0n) is 26.8. The third kappa shape index (κ3) is 10.2. The fraction of sp³-hybridized carbons (Fsp3) is 0.316. The second-order valence-corrected chi connectivity index (χ2v) is 12.9. The van der Waals surface area contributed by atoms with E-state index in [4.69, 9.17) is 15.2 Å². The monoisotopic (exact) mass is 669 g/mol. The number of carbonyl (C=O) groups is 2. The van der Waals surface area contributed by atoms with Crippen LogP contribution in [0.4, 0.5) is 11.4 Å². The lowest BCUT2D eigenvalue weighted by atomic mass is 9.99. The molecule has 48 heavy (non-hydrogen) atoms. The van der Waals surface area contributed by atoms with E-state index in [1.165, 1.54) is 0 Å². The quantitative estimate of drug-likeness (QED) is 0.0753. The molecule has 10 heteroatoms. The van der Waals surface area contributed by atoms with E-state index in [0.717, 1.165) is 39.1 Å². The van der Waals surface area contributed by atoms with Crippen LogP contribution in [0.5, 0.6) is 0 Å². The molecule has 0 aromatic heterocycles. The van der Waals surface area contributed by atoms with Crippen molar-refractivity contribution in [1.82, 2.24) is 5.32 Å². The molecule has 6 N–H and O–H groups in total. The van der Waals surface area contributed by atoms with Crippen LogP contribution >= 0.6 is 11.8 Å². The molecule has 3 atom stereocenters. The van der Waals surface area contributed by atoms with Crippen LogP contribution in [-0.2, 0) is 32.2 Å². The van der Waals surface area contributed by atoms with Gasteiger partial charge in [-0.1, -0.05) is 72.8 Å². The van der Waals surface area contributed by atoms with Crippen LogP contribution in [0.2, 0.25) is 0 Å². The third-order valence-electron chi connectivity index (χ3n) is 8.11. The molecule has 9 nitrogen and oxygen atoms in total. The molecule has 5 rings (SSSR count). The molecule has 1 heterocycles. The summed E-state index contributed by atoms with van der Waals surface area (Å²) in [5.41, 5.74) is 12.7. The van der Waals surface area contributed by atoms with E-state index in [2.05, 4.69) is 22.8 Å². The van der Waals surface area contributed by atoms with Gasteiger partial charge in [0.1, 0.15) is 0 Å². The number of benzene rings is 4. The standard InChI is InChI=1S/C38H43N3O6S/c39-33-10-1-2-11-34(33)41-37(45)13-5-12-36(44)40-23-27-6-3-7-29(20-27)30-8-4-9-31(21-30)38-46-32(25-48-19-18-42)22-35(47-38)28-16-14-26(24-43)15-17-28/h1-4,6-11,14-17,20-21,32,35,38,42-43H,5,12-13,18-19,22-25,39H2,(H,40,44)(H,41,45). The average Bonchev–Trinajstić information content (AvgIpc) is 3.12. The number of nitrogens with one attached hydrogen (secondary N) is 2. The maximum Gasteiger partial charge on any atom is 0.224 e. The van der Waals surface area contributed by atoms with E-state index in [1.807, 2.05) is 60.7 Å². The Morgan fingerprint density at radius 2 is 1.56 bits per heavy atom. The Morgan fingerprint density at radius 3 is 2.33 bits per heavy atom. The molecule has 4 aromatic carbocycles. The summed E-state index contributed by atoms with van der Waals surface area (Å²) in [6.45, 7) is 0.487. The van der Waals surface area contributed by atoms with Gasteiger partial charge in [-0.3, -0.25) is 9.59 Å². The summed E-state index contributed by atoms with van der Waals surface area (Å²) in [6.07, 6.45) is 0.776. The van der Waals surface area contributed by atoms with Gasteiger partial charge >= 0.3 is 0 Å². The van der Waals surface area contributed by atoms with Crippen molar-refractivity contribution < 1.29 is 29.3 Å². The number of nitrogens with two attached hydrogens (primary N) is 1. The number of nitrogen functional groups attached to an aromatic ring is 1. The number of hydrogen-bond donors (Lipinski definition) is 5. The van der Waals surface area contributed by atoms with Crippen molar-refractivity contribution in [3.8, 4) is 11.1 Å². The lowest BCUT2D eigenvalue weighted by Crippen LogP contribution is -2.31. The molecule has 4 aromatic rings. The maximum atomic E-state index is 12.5. The normalized spacial score (nSPS) is 17.5. The lowest BCUT2D eigenvalue weighted by molar-refractivity contribution is -0.245. The van der Waals surface area contributed by atoms with Gasteiger partial charge < -0.3 is 36.1 Å². The fourth-order valence-corrected chi connectivity index (χ4v) is 6.32. The van der Waals surface area contributed by atoms with Crippen molar-refractivity contribution in [2.45, 2.75) is 57.3 Å². The first-order valence-corrected chi connectivity index (χ1v) is 17.4. The molecule has 1 saturated heterocycles. The Bertz CT molecular complexity index is 1650. The minimum absolute atomic E-state index is 0.00939. The first-order valence-electron chi connectivity index (χ1n) is 16.2. The number of aliphatic hydroxyl groups is 2. The van der Waals surface area contributed by atoms with Gasteiger partial charge in [0.15, 0.2) is 6.29 Å². The number of rotatable bonds is 15. The highest BCUT2D eigenvalue weighted by atomic mass is 32.2. The first-order chi connectivity index (χ1) is 23.4. The summed E-state index contributed by atoms with van der Waals surface area (Å²) >= 11 is 1.66. The van der Waals surface area contributed by atoms with Crippen LogP contribution in [0.1, 0.15) is 60.3 Å². The number of aliphatic hydroxyl groups excluding tert-OH is 2. The van der Waals surface area contributed by atoms with Gasteiger partial charge in [0, 0.05) is 42.9 Å². The van der Waals surface area contributed by atoms with Crippen molar-refractivity contribution >= 4 is 35.0 Å². The lowest BCUT2D eigenvalue weighted by Gasteiger charge is -2.36. The molecule has 1 aliphatic heterocycles. The molecule has 1 fully saturated rings. The van der Waals surface area contributed by atoms with E-state index >= 15 is 0 Å². The van der Waals surface area contributed by atoms with E-state index < -0.39 is 6.29 Å². The highest BCUT2D eigenvalue weighted by Crippen LogP contribution is 2.39. The van der Waals surface area contributed by atoms with E-state index in [-0.39, 0.29) is 50.1 Å². The number of ether oxygens (including phenoxy) is 2. The van der Waals surface area contributed by atoms with Gasteiger partial charge in [-0.25, -0.2) is 0 Å². The number of thioether (sulfide) groups is 1. The van der Waals surface area contributed by atoms with Gasteiger partial charge in [-0.2, -0.15) is 11.8 Å². The Kier molecular flexibility index (Phi) is 13.0. The van der Waals surface area contributed by atoms with E-state index in [1.54, 1.807) is 36.0 Å². The van der Waals surface area contributed by atoms with Crippen LogP contribution in [0.3, 0.4) is 0 Å². The molecule has 2 amide bonds. The highest BCUT2D eigenvalue weighted by molar-refractivity contribution is 7.99. The van der Waals surface area contributed by atoms with Gasteiger partial charge in [0.25, 0.3) is 0 Å². The Balaban J connectivity index is 1.18. The van der Waals surface area contributed by atoms with Crippen LogP contribution < -0.4 is 16.4 Å². The maximum absolute atomic E-state index is 12.5. The van der Waals surface area contributed by atoms with E-state index in [0.29, 0.717) is 36.5 Å². The second-order valence-electron chi connectivity index (χ2n) is 11.7. The Labute approximate surface area is 285 Å².